The molecule has 1 amide bonds. The summed E-state index contributed by atoms with van der Waals surface area (Å²) < 4.78 is 0. The molecule has 18 heavy (non-hydrogen) atoms. The summed E-state index contributed by atoms with van der Waals surface area (Å²) in [5.74, 6) is 0.0629. The summed E-state index contributed by atoms with van der Waals surface area (Å²) in [7, 11) is 0. The lowest BCUT2D eigenvalue weighted by atomic mass is 9.90. The maximum Gasteiger partial charge on any atom is 0.224 e. The standard InChI is InChI=1S/C15H24N2O/c1-11-7-8-12(16)10-13(11)17-14(18)6-5-9-15(2,3)4/h7-8,10H,5-6,9,16H2,1-4H3,(H,17,18). The second kappa shape index (κ2) is 5.89. The lowest BCUT2D eigenvalue weighted by Gasteiger charge is -2.17. The van der Waals surface area contributed by atoms with E-state index < -0.39 is 0 Å². The quantitative estimate of drug-likeness (QED) is 0.798. The van der Waals surface area contributed by atoms with Crippen molar-refractivity contribution in [2.45, 2.75) is 47.0 Å². The Morgan fingerprint density at radius 3 is 2.61 bits per heavy atom. The summed E-state index contributed by atoms with van der Waals surface area (Å²) in [5, 5.41) is 2.92. The number of amides is 1. The van der Waals surface area contributed by atoms with Crippen LogP contribution in [-0.2, 0) is 4.79 Å². The van der Waals surface area contributed by atoms with Crippen molar-refractivity contribution in [3.05, 3.63) is 23.8 Å². The van der Waals surface area contributed by atoms with Crippen LogP contribution >= 0.6 is 0 Å². The molecule has 0 spiro atoms. The van der Waals surface area contributed by atoms with Gasteiger partial charge in [0, 0.05) is 17.8 Å². The van der Waals surface area contributed by atoms with Crippen molar-refractivity contribution >= 4 is 17.3 Å². The van der Waals surface area contributed by atoms with Gasteiger partial charge in [0.15, 0.2) is 0 Å². The summed E-state index contributed by atoms with van der Waals surface area (Å²) in [6, 6.07) is 5.56. The van der Waals surface area contributed by atoms with Gasteiger partial charge in [0.25, 0.3) is 0 Å². The normalized spacial score (nSPS) is 11.3. The lowest BCUT2D eigenvalue weighted by Crippen LogP contribution is -2.14. The third-order valence-electron chi connectivity index (χ3n) is 2.87. The van der Waals surface area contributed by atoms with Crippen LogP contribution in [-0.4, -0.2) is 5.91 Å². The van der Waals surface area contributed by atoms with E-state index in [4.69, 9.17) is 5.73 Å². The molecule has 0 aromatic heterocycles. The number of benzene rings is 1. The number of anilines is 2. The van der Waals surface area contributed by atoms with Crippen LogP contribution in [0.1, 0.15) is 45.6 Å². The minimum Gasteiger partial charge on any atom is -0.399 e. The molecule has 1 aromatic carbocycles. The third kappa shape index (κ3) is 5.21. The highest BCUT2D eigenvalue weighted by molar-refractivity contribution is 5.91. The summed E-state index contributed by atoms with van der Waals surface area (Å²) in [5.41, 5.74) is 8.52. The van der Waals surface area contributed by atoms with E-state index in [1.54, 1.807) is 6.07 Å². The minimum absolute atomic E-state index is 0.0629. The van der Waals surface area contributed by atoms with Crippen LogP contribution in [0.25, 0.3) is 0 Å². The molecule has 100 valence electrons. The summed E-state index contributed by atoms with van der Waals surface area (Å²) in [6.45, 7) is 8.52. The van der Waals surface area contributed by atoms with Crippen LogP contribution in [0.4, 0.5) is 11.4 Å². The molecule has 0 saturated carbocycles. The van der Waals surface area contributed by atoms with Crippen LogP contribution in [0.15, 0.2) is 18.2 Å². The molecule has 0 aliphatic carbocycles. The van der Waals surface area contributed by atoms with Gasteiger partial charge in [0.2, 0.25) is 5.91 Å². The van der Waals surface area contributed by atoms with Gasteiger partial charge in [-0.25, -0.2) is 0 Å². The second-order valence-corrected chi connectivity index (χ2v) is 6.04. The summed E-state index contributed by atoms with van der Waals surface area (Å²) in [4.78, 5) is 11.8. The number of rotatable bonds is 4. The first-order chi connectivity index (χ1) is 8.28. The average molecular weight is 248 g/mol. The van der Waals surface area contributed by atoms with Gasteiger partial charge in [-0.15, -0.1) is 0 Å². The zero-order chi connectivity index (χ0) is 13.8. The second-order valence-electron chi connectivity index (χ2n) is 6.04. The number of nitrogen functional groups attached to an aromatic ring is 1. The topological polar surface area (TPSA) is 55.1 Å². The number of nitrogens with two attached hydrogens (primary N) is 1. The highest BCUT2D eigenvalue weighted by Gasteiger charge is 2.11. The number of aryl methyl sites for hydroxylation is 1. The predicted octanol–water partition coefficient (Wildman–Crippen LogP) is 3.73. The van der Waals surface area contributed by atoms with Gasteiger partial charge in [0.05, 0.1) is 0 Å². The van der Waals surface area contributed by atoms with Crippen molar-refractivity contribution in [2.24, 2.45) is 5.41 Å². The molecule has 0 fully saturated rings. The SMILES string of the molecule is Cc1ccc(N)cc1NC(=O)CCCC(C)(C)C. The zero-order valence-corrected chi connectivity index (χ0v) is 11.8. The van der Waals surface area contributed by atoms with Crippen molar-refractivity contribution in [1.82, 2.24) is 0 Å². The van der Waals surface area contributed by atoms with Crippen LogP contribution in [0.5, 0.6) is 0 Å². The van der Waals surface area contributed by atoms with E-state index in [0.29, 0.717) is 12.1 Å². The highest BCUT2D eigenvalue weighted by atomic mass is 16.1. The fraction of sp³-hybridized carbons (Fsp3) is 0.533. The fourth-order valence-corrected chi connectivity index (χ4v) is 1.77. The molecule has 0 unspecified atom stereocenters. The molecule has 0 radical (unpaired) electrons. The Morgan fingerprint density at radius 2 is 2.00 bits per heavy atom. The monoisotopic (exact) mass is 248 g/mol. The molecule has 1 rings (SSSR count). The molecule has 3 N–H and O–H groups in total. The Hall–Kier alpha value is -1.51. The Balaban J connectivity index is 2.47. The lowest BCUT2D eigenvalue weighted by molar-refractivity contribution is -0.116. The average Bonchev–Trinajstić information content (AvgIpc) is 2.21. The number of carbonyl (C=O) groups excluding carboxylic acids is 1. The minimum atomic E-state index is 0.0629. The maximum atomic E-state index is 11.8. The smallest absolute Gasteiger partial charge is 0.224 e. The van der Waals surface area contributed by atoms with Gasteiger partial charge < -0.3 is 11.1 Å². The molecule has 3 heteroatoms. The van der Waals surface area contributed by atoms with Crippen molar-refractivity contribution < 1.29 is 4.79 Å². The Kier molecular flexibility index (Phi) is 4.76. The Labute approximate surface area is 110 Å². The number of carbonyl (C=O) groups is 1. The molecule has 0 aliphatic rings. The van der Waals surface area contributed by atoms with Crippen LogP contribution in [0.3, 0.4) is 0 Å². The molecular formula is C15H24N2O. The molecule has 0 heterocycles. The third-order valence-corrected chi connectivity index (χ3v) is 2.87. The molecule has 0 saturated heterocycles. The van der Waals surface area contributed by atoms with Crippen LogP contribution in [0.2, 0.25) is 0 Å². The predicted molar refractivity (Wildman–Crippen MR) is 77.5 cm³/mol. The molecule has 1 aromatic rings. The number of hydrogen-bond donors (Lipinski definition) is 2. The van der Waals surface area contributed by atoms with E-state index in [2.05, 4.69) is 26.1 Å². The van der Waals surface area contributed by atoms with Crippen molar-refractivity contribution in [3.63, 3.8) is 0 Å². The van der Waals surface area contributed by atoms with E-state index in [9.17, 15) is 4.79 Å². The van der Waals surface area contributed by atoms with Crippen LogP contribution < -0.4 is 11.1 Å². The van der Waals surface area contributed by atoms with Gasteiger partial charge in [0.1, 0.15) is 0 Å². The zero-order valence-electron chi connectivity index (χ0n) is 11.8. The van der Waals surface area contributed by atoms with E-state index in [0.717, 1.165) is 24.1 Å². The fourth-order valence-electron chi connectivity index (χ4n) is 1.77. The first kappa shape index (κ1) is 14.6. The van der Waals surface area contributed by atoms with Crippen molar-refractivity contribution in [1.29, 1.82) is 0 Å². The van der Waals surface area contributed by atoms with Crippen molar-refractivity contribution in [3.8, 4) is 0 Å². The van der Waals surface area contributed by atoms with E-state index >= 15 is 0 Å². The molecule has 0 aliphatic heterocycles. The first-order valence-corrected chi connectivity index (χ1v) is 6.44. The number of nitrogens with one attached hydrogen (secondary N) is 1. The largest absolute Gasteiger partial charge is 0.399 e. The summed E-state index contributed by atoms with van der Waals surface area (Å²) in [6.07, 6.45) is 2.53. The highest BCUT2D eigenvalue weighted by Crippen LogP contribution is 2.22. The van der Waals surface area contributed by atoms with E-state index in [-0.39, 0.29) is 11.3 Å². The molecule has 0 atom stereocenters. The first-order valence-electron chi connectivity index (χ1n) is 6.44. The molecule has 0 bridgehead atoms. The van der Waals surface area contributed by atoms with E-state index in [1.165, 1.54) is 0 Å². The molecule has 3 nitrogen and oxygen atoms in total. The van der Waals surface area contributed by atoms with Gasteiger partial charge in [-0.2, -0.15) is 0 Å². The van der Waals surface area contributed by atoms with Crippen LogP contribution in [0, 0.1) is 12.3 Å². The molecular weight excluding hydrogens is 224 g/mol. The Bertz CT molecular complexity index is 419. The van der Waals surface area contributed by atoms with E-state index in [1.807, 2.05) is 19.1 Å². The van der Waals surface area contributed by atoms with Gasteiger partial charge in [-0.1, -0.05) is 26.8 Å². The number of hydrogen-bond acceptors (Lipinski definition) is 2. The summed E-state index contributed by atoms with van der Waals surface area (Å²) >= 11 is 0. The van der Waals surface area contributed by atoms with Gasteiger partial charge >= 0.3 is 0 Å². The van der Waals surface area contributed by atoms with Gasteiger partial charge in [-0.3, -0.25) is 4.79 Å². The van der Waals surface area contributed by atoms with Gasteiger partial charge in [-0.05, 0) is 42.9 Å². The Morgan fingerprint density at radius 1 is 1.33 bits per heavy atom. The van der Waals surface area contributed by atoms with Crippen molar-refractivity contribution in [2.75, 3.05) is 11.1 Å². The maximum absolute atomic E-state index is 11.8.